The van der Waals surface area contributed by atoms with Crippen molar-refractivity contribution in [1.29, 1.82) is 0 Å². The largest absolute Gasteiger partial charge is 0.347 e. The summed E-state index contributed by atoms with van der Waals surface area (Å²) in [6.07, 6.45) is 1.91. The molecule has 0 unspecified atom stereocenters. The van der Waals surface area contributed by atoms with Crippen LogP contribution >= 0.6 is 11.8 Å². The second kappa shape index (κ2) is 11.2. The van der Waals surface area contributed by atoms with E-state index in [1.165, 1.54) is 23.9 Å². The summed E-state index contributed by atoms with van der Waals surface area (Å²) < 4.78 is 28.3. The predicted molar refractivity (Wildman–Crippen MR) is 146 cm³/mol. The van der Waals surface area contributed by atoms with Crippen LogP contribution in [0.1, 0.15) is 36.7 Å². The van der Waals surface area contributed by atoms with Gasteiger partial charge < -0.3 is 10.6 Å². The van der Waals surface area contributed by atoms with Gasteiger partial charge in [0.15, 0.2) is 0 Å². The van der Waals surface area contributed by atoms with Crippen LogP contribution in [0.5, 0.6) is 0 Å². The Morgan fingerprint density at radius 3 is 2.11 bits per heavy atom. The molecule has 0 aliphatic carbocycles. The van der Waals surface area contributed by atoms with Crippen LogP contribution in [0.4, 0.5) is 11.4 Å². The zero-order chi connectivity index (χ0) is 26.5. The Morgan fingerprint density at radius 2 is 1.53 bits per heavy atom. The number of nitrogens with one attached hydrogen (secondary N) is 2. The molecule has 3 aromatic carbocycles. The van der Waals surface area contributed by atoms with E-state index in [1.807, 2.05) is 34.0 Å². The molecule has 0 spiro atoms. The van der Waals surface area contributed by atoms with Crippen molar-refractivity contribution >= 4 is 45.0 Å². The lowest BCUT2D eigenvalue weighted by Crippen LogP contribution is -2.41. The third-order valence-electron chi connectivity index (χ3n) is 5.19. The zero-order valence-corrected chi connectivity index (χ0v) is 22.7. The normalized spacial score (nSPS) is 11.6. The first-order valence-electron chi connectivity index (χ1n) is 11.4. The first kappa shape index (κ1) is 27.3. The number of carbonyl (C=O) groups excluding carboxylic acids is 2. The molecular formula is C27H31N3O4S2. The monoisotopic (exact) mass is 525 g/mol. The van der Waals surface area contributed by atoms with Crippen LogP contribution in [0, 0.1) is 6.92 Å². The molecule has 0 atom stereocenters. The molecule has 0 aliphatic rings. The highest BCUT2D eigenvalue weighted by Gasteiger charge is 2.28. The van der Waals surface area contributed by atoms with Gasteiger partial charge in [-0.2, -0.15) is 0 Å². The summed E-state index contributed by atoms with van der Waals surface area (Å²) in [5.74, 6) is -0.911. The van der Waals surface area contributed by atoms with Gasteiger partial charge in [-0.05, 0) is 82.5 Å². The van der Waals surface area contributed by atoms with Crippen molar-refractivity contribution in [1.82, 2.24) is 5.32 Å². The number of hydrogen-bond donors (Lipinski definition) is 2. The van der Waals surface area contributed by atoms with E-state index < -0.39 is 28.0 Å². The van der Waals surface area contributed by atoms with Crippen molar-refractivity contribution in [2.75, 3.05) is 22.4 Å². The molecule has 0 heterocycles. The Bertz CT molecular complexity index is 1330. The Kier molecular flexibility index (Phi) is 8.47. The zero-order valence-electron chi connectivity index (χ0n) is 21.0. The SMILES string of the molecule is CSc1ccc(S(=O)(=O)N(CC(=O)Nc2ccccc2C(=O)NC(C)(C)C)c2ccc(C)cc2)cc1. The summed E-state index contributed by atoms with van der Waals surface area (Å²) in [7, 11) is -4.05. The number of benzene rings is 3. The van der Waals surface area contributed by atoms with Gasteiger partial charge in [0.2, 0.25) is 5.91 Å². The summed E-state index contributed by atoms with van der Waals surface area (Å²) in [6.45, 7) is 7.02. The molecule has 0 bridgehead atoms. The summed E-state index contributed by atoms with van der Waals surface area (Å²) in [5, 5.41) is 5.60. The van der Waals surface area contributed by atoms with E-state index in [9.17, 15) is 18.0 Å². The number of hydrogen-bond acceptors (Lipinski definition) is 5. The number of carbonyl (C=O) groups is 2. The standard InChI is InChI=1S/C27H31N3O4S2/c1-19-10-12-20(13-11-19)30(36(33,34)22-16-14-21(35-5)15-17-22)18-25(31)28-24-9-7-6-8-23(24)26(32)29-27(2,3)4/h6-17H,18H2,1-5H3,(H,28,31)(H,29,32). The second-order valence-corrected chi connectivity index (χ2v) is 12.1. The molecule has 7 nitrogen and oxygen atoms in total. The number of thioether (sulfide) groups is 1. The van der Waals surface area contributed by atoms with Crippen LogP contribution in [-0.4, -0.2) is 38.6 Å². The minimum Gasteiger partial charge on any atom is -0.347 e. The maximum Gasteiger partial charge on any atom is 0.264 e. The summed E-state index contributed by atoms with van der Waals surface area (Å²) in [6, 6.07) is 20.1. The summed E-state index contributed by atoms with van der Waals surface area (Å²) >= 11 is 1.51. The molecule has 0 aliphatic heterocycles. The van der Waals surface area contributed by atoms with Crippen molar-refractivity contribution in [2.24, 2.45) is 0 Å². The number of anilines is 2. The summed E-state index contributed by atoms with van der Waals surface area (Å²) in [5.41, 5.74) is 1.45. The van der Waals surface area contributed by atoms with Crippen LogP contribution in [0.15, 0.2) is 82.6 Å². The molecule has 9 heteroatoms. The van der Waals surface area contributed by atoms with Crippen LogP contribution in [0.3, 0.4) is 0 Å². The minimum atomic E-state index is -4.05. The maximum atomic E-state index is 13.6. The van der Waals surface area contributed by atoms with E-state index in [0.29, 0.717) is 11.4 Å². The summed E-state index contributed by atoms with van der Waals surface area (Å²) in [4.78, 5) is 26.9. The van der Waals surface area contributed by atoms with Crippen molar-refractivity contribution in [3.8, 4) is 0 Å². The molecular weight excluding hydrogens is 494 g/mol. The molecule has 0 aromatic heterocycles. The first-order valence-corrected chi connectivity index (χ1v) is 14.0. The van der Waals surface area contributed by atoms with Crippen LogP contribution in [-0.2, 0) is 14.8 Å². The van der Waals surface area contributed by atoms with E-state index in [0.717, 1.165) is 14.8 Å². The van der Waals surface area contributed by atoms with Crippen molar-refractivity contribution < 1.29 is 18.0 Å². The maximum absolute atomic E-state index is 13.6. The van der Waals surface area contributed by atoms with Gasteiger partial charge in [-0.1, -0.05) is 29.8 Å². The van der Waals surface area contributed by atoms with Crippen LogP contribution in [0.25, 0.3) is 0 Å². The number of rotatable bonds is 8. The fraction of sp³-hybridized carbons (Fsp3) is 0.259. The Hall–Kier alpha value is -3.30. The average Bonchev–Trinajstić information content (AvgIpc) is 2.82. The number of aryl methyl sites for hydroxylation is 1. The molecule has 36 heavy (non-hydrogen) atoms. The topological polar surface area (TPSA) is 95.6 Å². The quantitative estimate of drug-likeness (QED) is 0.400. The lowest BCUT2D eigenvalue weighted by Gasteiger charge is -2.25. The van der Waals surface area contributed by atoms with Gasteiger partial charge >= 0.3 is 0 Å². The lowest BCUT2D eigenvalue weighted by molar-refractivity contribution is -0.114. The van der Waals surface area contributed by atoms with E-state index in [1.54, 1.807) is 60.7 Å². The molecule has 0 saturated heterocycles. The number of nitrogens with zero attached hydrogens (tertiary/aromatic N) is 1. The van der Waals surface area contributed by atoms with Gasteiger partial charge in [0.05, 0.1) is 21.8 Å². The molecule has 2 amide bonds. The van der Waals surface area contributed by atoms with Gasteiger partial charge in [0, 0.05) is 10.4 Å². The van der Waals surface area contributed by atoms with Gasteiger partial charge in [-0.15, -0.1) is 11.8 Å². The van der Waals surface area contributed by atoms with Crippen molar-refractivity contribution in [3.63, 3.8) is 0 Å². The molecule has 2 N–H and O–H groups in total. The number of sulfonamides is 1. The van der Waals surface area contributed by atoms with E-state index in [4.69, 9.17) is 0 Å². The molecule has 0 fully saturated rings. The molecule has 190 valence electrons. The van der Waals surface area contributed by atoms with Gasteiger partial charge in [-0.3, -0.25) is 13.9 Å². The molecule has 3 rings (SSSR count). The van der Waals surface area contributed by atoms with E-state index >= 15 is 0 Å². The molecule has 0 saturated carbocycles. The van der Waals surface area contributed by atoms with Crippen LogP contribution < -0.4 is 14.9 Å². The Labute approximate surface area is 217 Å². The predicted octanol–water partition coefficient (Wildman–Crippen LogP) is 5.08. The number of amides is 2. The van der Waals surface area contributed by atoms with Gasteiger partial charge in [0.25, 0.3) is 15.9 Å². The van der Waals surface area contributed by atoms with Gasteiger partial charge in [0.1, 0.15) is 6.54 Å². The Morgan fingerprint density at radius 1 is 0.917 bits per heavy atom. The third-order valence-corrected chi connectivity index (χ3v) is 7.72. The highest BCUT2D eigenvalue weighted by Crippen LogP contribution is 2.26. The number of para-hydroxylation sites is 1. The smallest absolute Gasteiger partial charge is 0.264 e. The second-order valence-electron chi connectivity index (χ2n) is 9.32. The van der Waals surface area contributed by atoms with E-state index in [2.05, 4.69) is 10.6 Å². The third kappa shape index (κ3) is 6.89. The van der Waals surface area contributed by atoms with Crippen molar-refractivity contribution in [2.45, 2.75) is 43.0 Å². The van der Waals surface area contributed by atoms with Gasteiger partial charge in [-0.25, -0.2) is 8.42 Å². The van der Waals surface area contributed by atoms with Crippen LogP contribution in [0.2, 0.25) is 0 Å². The highest BCUT2D eigenvalue weighted by atomic mass is 32.2. The average molecular weight is 526 g/mol. The fourth-order valence-corrected chi connectivity index (χ4v) is 5.25. The van der Waals surface area contributed by atoms with Crippen molar-refractivity contribution in [3.05, 3.63) is 83.9 Å². The first-order chi connectivity index (χ1) is 16.9. The molecule has 0 radical (unpaired) electrons. The Balaban J connectivity index is 1.92. The minimum absolute atomic E-state index is 0.0821. The van der Waals surface area contributed by atoms with E-state index in [-0.39, 0.29) is 16.4 Å². The fourth-order valence-electron chi connectivity index (χ4n) is 3.42. The highest BCUT2D eigenvalue weighted by molar-refractivity contribution is 7.98. The molecule has 3 aromatic rings. The lowest BCUT2D eigenvalue weighted by atomic mass is 10.1.